The van der Waals surface area contributed by atoms with Gasteiger partial charge in [-0.1, -0.05) is 20.8 Å². The van der Waals surface area contributed by atoms with Gasteiger partial charge in [-0.25, -0.2) is 9.78 Å². The Morgan fingerprint density at radius 1 is 1.21 bits per heavy atom. The van der Waals surface area contributed by atoms with Crippen LogP contribution in [0.15, 0.2) is 43.0 Å². The molecule has 8 heteroatoms. The number of carbonyl (C=O) groups is 2. The number of hydrogen-bond donors (Lipinski definition) is 3. The Hall–Kier alpha value is -2.87. The van der Waals surface area contributed by atoms with E-state index in [0.29, 0.717) is 24.5 Å². The summed E-state index contributed by atoms with van der Waals surface area (Å²) >= 11 is 0. The zero-order valence-electron chi connectivity index (χ0n) is 17.1. The second kappa shape index (κ2) is 9.09. The second-order valence-electron chi connectivity index (χ2n) is 8.34. The minimum absolute atomic E-state index is 0.0818. The molecule has 2 unspecified atom stereocenters. The van der Waals surface area contributed by atoms with Gasteiger partial charge in [0.15, 0.2) is 0 Å². The van der Waals surface area contributed by atoms with Crippen LogP contribution in [0.2, 0.25) is 0 Å². The maximum absolute atomic E-state index is 12.5. The maximum Gasteiger partial charge on any atom is 0.319 e. The van der Waals surface area contributed by atoms with Crippen LogP contribution in [0.5, 0.6) is 0 Å². The van der Waals surface area contributed by atoms with Gasteiger partial charge in [0.25, 0.3) is 5.91 Å². The average Bonchev–Trinajstić information content (AvgIpc) is 3.36. The Bertz CT molecular complexity index is 806. The van der Waals surface area contributed by atoms with Crippen molar-refractivity contribution in [1.29, 1.82) is 0 Å². The summed E-state index contributed by atoms with van der Waals surface area (Å²) < 4.78 is 7.33. The molecule has 2 aromatic rings. The van der Waals surface area contributed by atoms with Crippen molar-refractivity contribution < 1.29 is 14.3 Å². The fourth-order valence-electron chi connectivity index (χ4n) is 3.11. The number of ether oxygens (including phenoxy) is 1. The summed E-state index contributed by atoms with van der Waals surface area (Å²) in [5.74, 6) is -0.131. The van der Waals surface area contributed by atoms with E-state index in [2.05, 4.69) is 41.7 Å². The van der Waals surface area contributed by atoms with E-state index in [0.717, 1.165) is 12.8 Å². The third-order valence-corrected chi connectivity index (χ3v) is 4.94. The van der Waals surface area contributed by atoms with Crippen molar-refractivity contribution in [1.82, 2.24) is 14.9 Å². The van der Waals surface area contributed by atoms with Crippen LogP contribution in [0.25, 0.3) is 0 Å². The standard InChI is InChI=1S/C21H29N5O3/c1-21(2,3)18(13-26-11-10-22-14-26)25-20(28)24-16-8-6-15(7-9-16)23-19(27)17-5-4-12-29-17/h6-11,14,17-18H,4-5,12-13H2,1-3H3,(H,23,27)(H2,24,25,28). The van der Waals surface area contributed by atoms with Crippen LogP contribution in [0.3, 0.4) is 0 Å². The van der Waals surface area contributed by atoms with E-state index in [1.807, 2.05) is 10.8 Å². The zero-order chi connectivity index (χ0) is 20.9. The van der Waals surface area contributed by atoms with Gasteiger partial charge >= 0.3 is 6.03 Å². The molecule has 0 radical (unpaired) electrons. The molecule has 2 heterocycles. The van der Waals surface area contributed by atoms with E-state index in [1.54, 1.807) is 36.8 Å². The number of rotatable bonds is 6. The third kappa shape index (κ3) is 6.05. The van der Waals surface area contributed by atoms with Crippen LogP contribution in [0.1, 0.15) is 33.6 Å². The highest BCUT2D eigenvalue weighted by Crippen LogP contribution is 2.21. The van der Waals surface area contributed by atoms with Gasteiger partial charge in [-0.05, 0) is 42.5 Å². The molecule has 29 heavy (non-hydrogen) atoms. The molecule has 1 aliphatic heterocycles. The van der Waals surface area contributed by atoms with Crippen LogP contribution in [-0.2, 0) is 16.1 Å². The van der Waals surface area contributed by atoms with Crippen LogP contribution in [-0.4, -0.2) is 40.2 Å². The van der Waals surface area contributed by atoms with Crippen LogP contribution in [0, 0.1) is 5.41 Å². The molecule has 1 aromatic carbocycles. The van der Waals surface area contributed by atoms with Crippen LogP contribution < -0.4 is 16.0 Å². The lowest BCUT2D eigenvalue weighted by atomic mass is 9.86. The maximum atomic E-state index is 12.5. The van der Waals surface area contributed by atoms with E-state index >= 15 is 0 Å². The number of carbonyl (C=O) groups excluding carboxylic acids is 2. The molecular formula is C21H29N5O3. The first kappa shape index (κ1) is 20.9. The number of urea groups is 1. The number of amides is 3. The first-order valence-electron chi connectivity index (χ1n) is 9.87. The predicted octanol–water partition coefficient (Wildman–Crippen LogP) is 3.24. The van der Waals surface area contributed by atoms with Gasteiger partial charge in [0.1, 0.15) is 6.10 Å². The third-order valence-electron chi connectivity index (χ3n) is 4.94. The highest BCUT2D eigenvalue weighted by molar-refractivity contribution is 5.95. The van der Waals surface area contributed by atoms with Crippen molar-refractivity contribution in [3.05, 3.63) is 43.0 Å². The lowest BCUT2D eigenvalue weighted by molar-refractivity contribution is -0.124. The molecule has 3 N–H and O–H groups in total. The molecule has 0 saturated carbocycles. The molecule has 8 nitrogen and oxygen atoms in total. The SMILES string of the molecule is CC(C)(C)C(Cn1ccnc1)NC(=O)Nc1ccc(NC(=O)C2CCCO2)cc1. The Morgan fingerprint density at radius 2 is 1.90 bits per heavy atom. The number of imidazole rings is 1. The minimum atomic E-state index is -0.372. The lowest BCUT2D eigenvalue weighted by Gasteiger charge is -2.31. The summed E-state index contributed by atoms with van der Waals surface area (Å²) in [7, 11) is 0. The fourth-order valence-corrected chi connectivity index (χ4v) is 3.11. The van der Waals surface area contributed by atoms with Gasteiger partial charge in [-0.15, -0.1) is 0 Å². The average molecular weight is 399 g/mol. The van der Waals surface area contributed by atoms with Crippen molar-refractivity contribution in [3.63, 3.8) is 0 Å². The van der Waals surface area contributed by atoms with E-state index in [1.165, 1.54) is 0 Å². The predicted molar refractivity (Wildman–Crippen MR) is 112 cm³/mol. The molecule has 3 rings (SSSR count). The van der Waals surface area contributed by atoms with Crippen molar-refractivity contribution in [2.75, 3.05) is 17.2 Å². The number of aromatic nitrogens is 2. The van der Waals surface area contributed by atoms with Crippen molar-refractivity contribution in [2.24, 2.45) is 5.41 Å². The molecule has 0 spiro atoms. The summed E-state index contributed by atoms with van der Waals surface area (Å²) in [5.41, 5.74) is 1.19. The molecule has 3 amide bonds. The minimum Gasteiger partial charge on any atom is -0.368 e. The first-order chi connectivity index (χ1) is 13.8. The molecule has 1 aromatic heterocycles. The summed E-state index contributed by atoms with van der Waals surface area (Å²) in [6.45, 7) is 7.51. The van der Waals surface area contributed by atoms with Crippen LogP contribution >= 0.6 is 0 Å². The van der Waals surface area contributed by atoms with Gasteiger partial charge in [0.2, 0.25) is 0 Å². The molecule has 0 bridgehead atoms. The molecule has 1 fully saturated rings. The van der Waals surface area contributed by atoms with E-state index in [4.69, 9.17) is 4.74 Å². The highest BCUT2D eigenvalue weighted by atomic mass is 16.5. The number of nitrogens with zero attached hydrogens (tertiary/aromatic N) is 2. The van der Waals surface area contributed by atoms with Gasteiger partial charge in [-0.3, -0.25) is 4.79 Å². The monoisotopic (exact) mass is 399 g/mol. The Morgan fingerprint density at radius 3 is 2.45 bits per heavy atom. The topological polar surface area (TPSA) is 97.3 Å². The van der Waals surface area contributed by atoms with E-state index in [9.17, 15) is 9.59 Å². The van der Waals surface area contributed by atoms with Gasteiger partial charge in [0, 0.05) is 36.9 Å². The van der Waals surface area contributed by atoms with Gasteiger partial charge in [-0.2, -0.15) is 0 Å². The number of benzene rings is 1. The summed E-state index contributed by atoms with van der Waals surface area (Å²) in [4.78, 5) is 28.7. The molecule has 1 aliphatic rings. The Balaban J connectivity index is 1.54. The van der Waals surface area contributed by atoms with Crippen LogP contribution in [0.4, 0.5) is 16.2 Å². The van der Waals surface area contributed by atoms with Crippen molar-refractivity contribution >= 4 is 23.3 Å². The molecule has 1 saturated heterocycles. The first-order valence-corrected chi connectivity index (χ1v) is 9.87. The zero-order valence-corrected chi connectivity index (χ0v) is 17.1. The van der Waals surface area contributed by atoms with Gasteiger partial charge in [0.05, 0.1) is 12.4 Å². The largest absolute Gasteiger partial charge is 0.368 e. The number of nitrogens with one attached hydrogen (secondary N) is 3. The normalized spacial score (nSPS) is 17.6. The molecule has 156 valence electrons. The molecule has 0 aliphatic carbocycles. The van der Waals surface area contributed by atoms with E-state index < -0.39 is 0 Å². The summed E-state index contributed by atoms with van der Waals surface area (Å²) in [6.07, 6.45) is 6.62. The smallest absolute Gasteiger partial charge is 0.319 e. The van der Waals surface area contributed by atoms with Crippen molar-refractivity contribution in [3.8, 4) is 0 Å². The number of anilines is 2. The Labute approximate surface area is 171 Å². The highest BCUT2D eigenvalue weighted by Gasteiger charge is 2.27. The Kier molecular flexibility index (Phi) is 6.53. The van der Waals surface area contributed by atoms with E-state index in [-0.39, 0.29) is 29.5 Å². The molecular weight excluding hydrogens is 370 g/mol. The summed E-state index contributed by atoms with van der Waals surface area (Å²) in [5, 5.41) is 8.73. The fraction of sp³-hybridized carbons (Fsp3) is 0.476. The quantitative estimate of drug-likeness (QED) is 0.695. The number of hydrogen-bond acceptors (Lipinski definition) is 4. The summed E-state index contributed by atoms with van der Waals surface area (Å²) in [6, 6.07) is 6.67. The molecule has 2 atom stereocenters. The van der Waals surface area contributed by atoms with Gasteiger partial charge < -0.3 is 25.3 Å². The lowest BCUT2D eigenvalue weighted by Crippen LogP contribution is -2.47. The van der Waals surface area contributed by atoms with Crippen molar-refractivity contribution in [2.45, 2.75) is 52.3 Å². The second-order valence-corrected chi connectivity index (χ2v) is 8.34.